The minimum absolute atomic E-state index is 0.555. The number of anilines is 4. The van der Waals surface area contributed by atoms with Crippen molar-refractivity contribution in [1.29, 1.82) is 0 Å². The van der Waals surface area contributed by atoms with Crippen LogP contribution in [0.4, 0.5) is 23.1 Å². The molecule has 150 valence electrons. The highest BCUT2D eigenvalue weighted by molar-refractivity contribution is 5.63. The number of methoxy groups -OCH3 is 2. The van der Waals surface area contributed by atoms with Gasteiger partial charge in [0.25, 0.3) is 0 Å². The summed E-state index contributed by atoms with van der Waals surface area (Å²) in [6.45, 7) is 3.56. The summed E-state index contributed by atoms with van der Waals surface area (Å²) in [7, 11) is 3.37. The lowest BCUT2D eigenvalue weighted by molar-refractivity contribution is 0.413. The van der Waals surface area contributed by atoms with E-state index in [9.17, 15) is 0 Å². The number of nitrogens with one attached hydrogen (secondary N) is 1. The van der Waals surface area contributed by atoms with Crippen molar-refractivity contribution in [3.8, 4) is 11.5 Å². The monoisotopic (exact) mass is 391 g/mol. The molecule has 1 fully saturated rings. The Morgan fingerprint density at radius 3 is 2.21 bits per heavy atom. The van der Waals surface area contributed by atoms with E-state index >= 15 is 0 Å². The van der Waals surface area contributed by atoms with Gasteiger partial charge in [-0.15, -0.1) is 0 Å². The largest absolute Gasteiger partial charge is 0.495 e. The van der Waals surface area contributed by atoms with Gasteiger partial charge in [-0.25, -0.2) is 4.98 Å². The number of piperazine rings is 1. The molecule has 1 N–H and O–H groups in total. The number of rotatable bonds is 6. The van der Waals surface area contributed by atoms with Crippen molar-refractivity contribution in [2.75, 3.05) is 55.5 Å². The predicted octanol–water partition coefficient (Wildman–Crippen LogP) is 3.56. The first-order valence-electron chi connectivity index (χ1n) is 9.64. The third-order valence-corrected chi connectivity index (χ3v) is 5.02. The molecule has 3 aromatic rings. The normalized spacial score (nSPS) is 13.9. The molecule has 0 bridgehead atoms. The summed E-state index contributed by atoms with van der Waals surface area (Å²) in [6.07, 6.45) is 1.78. The zero-order valence-electron chi connectivity index (χ0n) is 16.7. The molecule has 7 heteroatoms. The van der Waals surface area contributed by atoms with Crippen LogP contribution in [0.25, 0.3) is 0 Å². The second kappa shape index (κ2) is 8.68. The van der Waals surface area contributed by atoms with Crippen molar-refractivity contribution < 1.29 is 9.47 Å². The first kappa shape index (κ1) is 18.9. The first-order valence-corrected chi connectivity index (χ1v) is 9.64. The van der Waals surface area contributed by atoms with Gasteiger partial charge < -0.3 is 24.6 Å². The van der Waals surface area contributed by atoms with Crippen LogP contribution in [0, 0.1) is 0 Å². The Morgan fingerprint density at radius 1 is 0.793 bits per heavy atom. The number of ether oxygens (including phenoxy) is 2. The SMILES string of the molecule is COc1ccccc1Nc1nccc(N2CCN(c3ccccc3OC)CC2)n1. The van der Waals surface area contributed by atoms with Gasteiger partial charge in [0.05, 0.1) is 25.6 Å². The Labute approximate surface area is 170 Å². The van der Waals surface area contributed by atoms with Crippen LogP contribution in [-0.4, -0.2) is 50.4 Å². The van der Waals surface area contributed by atoms with Crippen molar-refractivity contribution in [1.82, 2.24) is 9.97 Å². The van der Waals surface area contributed by atoms with Gasteiger partial charge in [-0.3, -0.25) is 0 Å². The Hall–Kier alpha value is -3.48. The third kappa shape index (κ3) is 4.18. The van der Waals surface area contributed by atoms with E-state index in [0.29, 0.717) is 5.95 Å². The maximum absolute atomic E-state index is 5.51. The van der Waals surface area contributed by atoms with E-state index in [1.165, 1.54) is 0 Å². The van der Waals surface area contributed by atoms with Gasteiger partial charge in [-0.2, -0.15) is 4.98 Å². The molecule has 1 aromatic heterocycles. The lowest BCUT2D eigenvalue weighted by Gasteiger charge is -2.37. The van der Waals surface area contributed by atoms with E-state index in [0.717, 1.165) is 54.9 Å². The van der Waals surface area contributed by atoms with Crippen LogP contribution in [0.3, 0.4) is 0 Å². The van der Waals surface area contributed by atoms with Crippen LogP contribution in [0.5, 0.6) is 11.5 Å². The van der Waals surface area contributed by atoms with Crippen molar-refractivity contribution in [3.63, 3.8) is 0 Å². The van der Waals surface area contributed by atoms with Gasteiger partial charge >= 0.3 is 0 Å². The van der Waals surface area contributed by atoms with Crippen LogP contribution < -0.4 is 24.6 Å². The molecule has 0 amide bonds. The van der Waals surface area contributed by atoms with Gasteiger partial charge in [0.1, 0.15) is 17.3 Å². The van der Waals surface area contributed by atoms with E-state index in [4.69, 9.17) is 14.5 Å². The highest BCUT2D eigenvalue weighted by Crippen LogP contribution is 2.29. The fourth-order valence-corrected chi connectivity index (χ4v) is 3.52. The molecule has 1 aliphatic heterocycles. The molecule has 29 heavy (non-hydrogen) atoms. The van der Waals surface area contributed by atoms with Gasteiger partial charge in [-0.1, -0.05) is 24.3 Å². The first-order chi connectivity index (χ1) is 14.3. The van der Waals surface area contributed by atoms with Gasteiger partial charge in [0.15, 0.2) is 0 Å². The standard InChI is InChI=1S/C22H25N5O2/c1-28-19-9-5-3-7-17(19)24-22-23-12-11-21(25-22)27-15-13-26(14-16-27)18-8-4-6-10-20(18)29-2/h3-12H,13-16H2,1-2H3,(H,23,24,25). The zero-order chi connectivity index (χ0) is 20.1. The Kier molecular flexibility index (Phi) is 5.65. The number of benzene rings is 2. The van der Waals surface area contributed by atoms with Crippen LogP contribution in [-0.2, 0) is 0 Å². The second-order valence-electron chi connectivity index (χ2n) is 6.71. The van der Waals surface area contributed by atoms with Crippen LogP contribution in [0.1, 0.15) is 0 Å². The number of aromatic nitrogens is 2. The summed E-state index contributed by atoms with van der Waals surface area (Å²) in [5.74, 6) is 3.13. The van der Waals surface area contributed by atoms with Crippen LogP contribution >= 0.6 is 0 Å². The molecule has 1 aliphatic rings. The van der Waals surface area contributed by atoms with E-state index in [1.54, 1.807) is 20.4 Å². The number of hydrogen-bond donors (Lipinski definition) is 1. The number of para-hydroxylation sites is 4. The summed E-state index contributed by atoms with van der Waals surface area (Å²) in [4.78, 5) is 13.7. The maximum atomic E-state index is 5.51. The molecule has 2 heterocycles. The lowest BCUT2D eigenvalue weighted by atomic mass is 10.2. The number of nitrogens with zero attached hydrogens (tertiary/aromatic N) is 4. The van der Waals surface area contributed by atoms with E-state index in [-0.39, 0.29) is 0 Å². The average Bonchev–Trinajstić information content (AvgIpc) is 2.80. The molecular formula is C22H25N5O2. The highest BCUT2D eigenvalue weighted by Gasteiger charge is 2.20. The Bertz CT molecular complexity index is 957. The van der Waals surface area contributed by atoms with Crippen LogP contribution in [0.15, 0.2) is 60.8 Å². The predicted molar refractivity (Wildman–Crippen MR) is 116 cm³/mol. The molecule has 2 aromatic carbocycles. The fraction of sp³-hybridized carbons (Fsp3) is 0.273. The summed E-state index contributed by atoms with van der Waals surface area (Å²) < 4.78 is 10.9. The van der Waals surface area contributed by atoms with Gasteiger partial charge in [0, 0.05) is 32.4 Å². The minimum Gasteiger partial charge on any atom is -0.495 e. The van der Waals surface area contributed by atoms with E-state index in [2.05, 4.69) is 26.2 Å². The molecule has 1 saturated heterocycles. The average molecular weight is 391 g/mol. The summed E-state index contributed by atoms with van der Waals surface area (Å²) in [5.41, 5.74) is 1.98. The molecule has 0 saturated carbocycles. The fourth-order valence-electron chi connectivity index (χ4n) is 3.52. The third-order valence-electron chi connectivity index (χ3n) is 5.02. The van der Waals surface area contributed by atoms with Gasteiger partial charge in [0.2, 0.25) is 5.95 Å². The minimum atomic E-state index is 0.555. The number of hydrogen-bond acceptors (Lipinski definition) is 7. The van der Waals surface area contributed by atoms with Crippen molar-refractivity contribution in [2.45, 2.75) is 0 Å². The molecule has 0 unspecified atom stereocenters. The van der Waals surface area contributed by atoms with E-state index in [1.807, 2.05) is 48.5 Å². The Morgan fingerprint density at radius 2 is 1.45 bits per heavy atom. The van der Waals surface area contributed by atoms with Crippen molar-refractivity contribution in [3.05, 3.63) is 60.8 Å². The highest BCUT2D eigenvalue weighted by atomic mass is 16.5. The smallest absolute Gasteiger partial charge is 0.229 e. The maximum Gasteiger partial charge on any atom is 0.229 e. The second-order valence-corrected chi connectivity index (χ2v) is 6.71. The molecule has 0 atom stereocenters. The Balaban J connectivity index is 1.45. The zero-order valence-corrected chi connectivity index (χ0v) is 16.7. The molecule has 0 aliphatic carbocycles. The van der Waals surface area contributed by atoms with Crippen molar-refractivity contribution in [2.24, 2.45) is 0 Å². The summed E-state index contributed by atoms with van der Waals surface area (Å²) in [6, 6.07) is 17.8. The summed E-state index contributed by atoms with van der Waals surface area (Å²) in [5, 5.41) is 3.25. The van der Waals surface area contributed by atoms with Crippen LogP contribution in [0.2, 0.25) is 0 Å². The molecule has 0 radical (unpaired) electrons. The molecule has 4 rings (SSSR count). The molecule has 0 spiro atoms. The summed E-state index contributed by atoms with van der Waals surface area (Å²) >= 11 is 0. The van der Waals surface area contributed by atoms with Gasteiger partial charge in [-0.05, 0) is 30.3 Å². The molecular weight excluding hydrogens is 366 g/mol. The lowest BCUT2D eigenvalue weighted by Crippen LogP contribution is -2.47. The quantitative estimate of drug-likeness (QED) is 0.689. The van der Waals surface area contributed by atoms with E-state index < -0.39 is 0 Å². The topological polar surface area (TPSA) is 62.8 Å². The molecule has 7 nitrogen and oxygen atoms in total. The van der Waals surface area contributed by atoms with Crippen molar-refractivity contribution >= 4 is 23.1 Å².